The average Bonchev–Trinajstić information content (AvgIpc) is 3.18. The van der Waals surface area contributed by atoms with Gasteiger partial charge in [0.2, 0.25) is 5.91 Å². The van der Waals surface area contributed by atoms with E-state index in [0.29, 0.717) is 40.2 Å². The summed E-state index contributed by atoms with van der Waals surface area (Å²) in [6, 6.07) is 21.9. The van der Waals surface area contributed by atoms with Gasteiger partial charge in [-0.05, 0) is 48.9 Å². The molecule has 0 fully saturated rings. The van der Waals surface area contributed by atoms with Crippen LogP contribution in [0, 0.1) is 0 Å². The van der Waals surface area contributed by atoms with Crippen LogP contribution in [-0.4, -0.2) is 24.4 Å². The molecule has 0 aromatic heterocycles. The summed E-state index contributed by atoms with van der Waals surface area (Å²) in [7, 11) is 0. The molecular formula is C27H25N3O4. The Morgan fingerprint density at radius 3 is 2.18 bits per heavy atom. The molecule has 1 heterocycles. The van der Waals surface area contributed by atoms with Gasteiger partial charge in [0.15, 0.2) is 0 Å². The van der Waals surface area contributed by atoms with Crippen molar-refractivity contribution in [3.63, 3.8) is 0 Å². The summed E-state index contributed by atoms with van der Waals surface area (Å²) in [5, 5.41) is 9.06. The van der Waals surface area contributed by atoms with Crippen molar-refractivity contribution >= 4 is 46.1 Å². The Kier molecular flexibility index (Phi) is 6.73. The molecule has 3 aromatic carbocycles. The van der Waals surface area contributed by atoms with Crippen molar-refractivity contribution in [2.75, 3.05) is 22.6 Å². The first-order valence-corrected chi connectivity index (χ1v) is 11.1. The summed E-state index contributed by atoms with van der Waals surface area (Å²) in [5.74, 6) is -0.767. The van der Waals surface area contributed by atoms with Gasteiger partial charge in [0.25, 0.3) is 5.91 Å². The fourth-order valence-corrected chi connectivity index (χ4v) is 3.68. The Labute approximate surface area is 197 Å². The third-order valence-electron chi connectivity index (χ3n) is 5.35. The molecular weight excluding hydrogens is 430 g/mol. The number of anilines is 3. The minimum atomic E-state index is -0.436. The molecule has 3 aromatic rings. The first kappa shape index (κ1) is 22.8. The highest BCUT2D eigenvalue weighted by atomic mass is 16.5. The fourth-order valence-electron chi connectivity index (χ4n) is 3.68. The standard InChI is InChI=1S/C27H25N3O4/c1-3-23(31)28-19-11-13-20(14-12-19)29-25(17-8-6-5-7-9-17)24-21-15-10-18(27(33)34-4-2)16-22(21)30-26(24)32/h5-16,29H,3-4H2,1-2H3,(H,28,31)(H,30,32)/b25-24-. The normalized spacial score (nSPS) is 13.5. The summed E-state index contributed by atoms with van der Waals surface area (Å²) < 4.78 is 5.08. The van der Waals surface area contributed by atoms with Gasteiger partial charge >= 0.3 is 5.97 Å². The highest BCUT2D eigenvalue weighted by molar-refractivity contribution is 6.37. The molecule has 0 saturated heterocycles. The predicted molar refractivity (Wildman–Crippen MR) is 133 cm³/mol. The highest BCUT2D eigenvalue weighted by Crippen LogP contribution is 2.38. The molecule has 172 valence electrons. The van der Waals surface area contributed by atoms with E-state index in [0.717, 1.165) is 11.3 Å². The van der Waals surface area contributed by atoms with E-state index in [1.54, 1.807) is 44.2 Å². The molecule has 34 heavy (non-hydrogen) atoms. The van der Waals surface area contributed by atoms with Crippen molar-refractivity contribution in [1.29, 1.82) is 0 Å². The Hall–Kier alpha value is -4.39. The van der Waals surface area contributed by atoms with Gasteiger partial charge in [-0.1, -0.05) is 43.3 Å². The number of hydrogen-bond acceptors (Lipinski definition) is 5. The van der Waals surface area contributed by atoms with Gasteiger partial charge in [0.1, 0.15) is 0 Å². The van der Waals surface area contributed by atoms with Crippen molar-refractivity contribution in [2.24, 2.45) is 0 Å². The van der Waals surface area contributed by atoms with E-state index < -0.39 is 5.97 Å². The summed E-state index contributed by atoms with van der Waals surface area (Å²) in [6.07, 6.45) is 0.399. The minimum absolute atomic E-state index is 0.0609. The van der Waals surface area contributed by atoms with Crippen molar-refractivity contribution in [1.82, 2.24) is 0 Å². The Balaban J connectivity index is 1.74. The van der Waals surface area contributed by atoms with Gasteiger partial charge in [0.05, 0.1) is 29.1 Å². The van der Waals surface area contributed by atoms with Crippen LogP contribution in [0.15, 0.2) is 72.8 Å². The minimum Gasteiger partial charge on any atom is -0.462 e. The highest BCUT2D eigenvalue weighted by Gasteiger charge is 2.29. The number of carbonyl (C=O) groups is 3. The van der Waals surface area contributed by atoms with E-state index in [4.69, 9.17) is 4.74 Å². The third-order valence-corrected chi connectivity index (χ3v) is 5.35. The zero-order valence-corrected chi connectivity index (χ0v) is 19.0. The molecule has 0 bridgehead atoms. The van der Waals surface area contributed by atoms with Gasteiger partial charge in [-0.25, -0.2) is 4.79 Å². The Morgan fingerprint density at radius 2 is 1.53 bits per heavy atom. The predicted octanol–water partition coefficient (Wildman–Crippen LogP) is 5.14. The Bertz CT molecular complexity index is 1260. The number of esters is 1. The zero-order chi connectivity index (χ0) is 24.1. The number of amides is 2. The zero-order valence-electron chi connectivity index (χ0n) is 19.0. The largest absolute Gasteiger partial charge is 0.462 e. The lowest BCUT2D eigenvalue weighted by atomic mass is 9.99. The lowest BCUT2D eigenvalue weighted by Crippen LogP contribution is -2.11. The second-order valence-corrected chi connectivity index (χ2v) is 7.66. The number of benzene rings is 3. The molecule has 0 saturated carbocycles. The van der Waals surface area contributed by atoms with E-state index in [1.165, 1.54) is 0 Å². The molecule has 0 radical (unpaired) electrons. The smallest absolute Gasteiger partial charge is 0.338 e. The first-order chi connectivity index (χ1) is 16.5. The summed E-state index contributed by atoms with van der Waals surface area (Å²) in [6.45, 7) is 3.82. The lowest BCUT2D eigenvalue weighted by molar-refractivity contribution is -0.116. The van der Waals surface area contributed by atoms with Crippen molar-refractivity contribution < 1.29 is 19.1 Å². The van der Waals surface area contributed by atoms with E-state index in [9.17, 15) is 14.4 Å². The van der Waals surface area contributed by atoms with E-state index in [-0.39, 0.29) is 18.4 Å². The average molecular weight is 456 g/mol. The number of rotatable bonds is 7. The molecule has 7 heteroatoms. The second-order valence-electron chi connectivity index (χ2n) is 7.66. The monoisotopic (exact) mass is 455 g/mol. The van der Waals surface area contributed by atoms with Crippen LogP contribution in [-0.2, 0) is 14.3 Å². The summed E-state index contributed by atoms with van der Waals surface area (Å²) in [5.41, 5.74) is 5.01. The molecule has 1 aliphatic heterocycles. The van der Waals surface area contributed by atoms with E-state index in [1.807, 2.05) is 42.5 Å². The molecule has 0 atom stereocenters. The van der Waals surface area contributed by atoms with Gasteiger partial charge < -0.3 is 20.7 Å². The van der Waals surface area contributed by atoms with Gasteiger partial charge in [-0.2, -0.15) is 0 Å². The molecule has 1 aliphatic rings. The van der Waals surface area contributed by atoms with E-state index in [2.05, 4.69) is 16.0 Å². The molecule has 0 unspecified atom stereocenters. The van der Waals surface area contributed by atoms with Crippen molar-refractivity contribution in [3.8, 4) is 0 Å². The molecule has 2 amide bonds. The van der Waals surface area contributed by atoms with Crippen LogP contribution in [0.1, 0.15) is 41.8 Å². The maximum Gasteiger partial charge on any atom is 0.338 e. The van der Waals surface area contributed by atoms with Crippen LogP contribution in [0.2, 0.25) is 0 Å². The van der Waals surface area contributed by atoms with Crippen LogP contribution < -0.4 is 16.0 Å². The van der Waals surface area contributed by atoms with Crippen LogP contribution in [0.4, 0.5) is 17.1 Å². The molecule has 3 N–H and O–H groups in total. The molecule has 0 aliphatic carbocycles. The molecule has 4 rings (SSSR count). The van der Waals surface area contributed by atoms with Crippen molar-refractivity contribution in [2.45, 2.75) is 20.3 Å². The number of carbonyl (C=O) groups excluding carboxylic acids is 3. The number of nitrogens with one attached hydrogen (secondary N) is 3. The fraction of sp³-hybridized carbons (Fsp3) is 0.148. The summed E-state index contributed by atoms with van der Waals surface area (Å²) in [4.78, 5) is 36.9. The maximum absolute atomic E-state index is 13.1. The SMILES string of the molecule is CCOC(=O)c1ccc2c(c1)NC(=O)/C2=C(\Nc1ccc(NC(=O)CC)cc1)c1ccccc1. The topological polar surface area (TPSA) is 96.5 Å². The quantitative estimate of drug-likeness (QED) is 0.338. The Morgan fingerprint density at radius 1 is 0.853 bits per heavy atom. The first-order valence-electron chi connectivity index (χ1n) is 11.1. The van der Waals surface area contributed by atoms with Gasteiger partial charge in [-0.15, -0.1) is 0 Å². The second kappa shape index (κ2) is 10.0. The van der Waals surface area contributed by atoms with Gasteiger partial charge in [-0.3, -0.25) is 9.59 Å². The molecule has 7 nitrogen and oxygen atoms in total. The van der Waals surface area contributed by atoms with Crippen LogP contribution in [0.3, 0.4) is 0 Å². The lowest BCUT2D eigenvalue weighted by Gasteiger charge is -2.15. The van der Waals surface area contributed by atoms with Crippen LogP contribution in [0.25, 0.3) is 11.3 Å². The third kappa shape index (κ3) is 4.83. The van der Waals surface area contributed by atoms with Gasteiger partial charge in [0, 0.05) is 23.4 Å². The summed E-state index contributed by atoms with van der Waals surface area (Å²) >= 11 is 0. The molecule has 0 spiro atoms. The maximum atomic E-state index is 13.1. The van der Waals surface area contributed by atoms with E-state index >= 15 is 0 Å². The number of hydrogen-bond donors (Lipinski definition) is 3. The van der Waals surface area contributed by atoms with Crippen molar-refractivity contribution in [3.05, 3.63) is 89.5 Å². The number of ether oxygens (including phenoxy) is 1. The van der Waals surface area contributed by atoms with Crippen LogP contribution in [0.5, 0.6) is 0 Å². The number of fused-ring (bicyclic) bond motifs is 1. The van der Waals surface area contributed by atoms with Crippen LogP contribution >= 0.6 is 0 Å².